The molecule has 1 heterocycles. The average molecular weight is 369 g/mol. The number of carbonyl (C=O) groups excluding carboxylic acids is 3. The smallest absolute Gasteiger partial charge is 0.332 e. The van der Waals surface area contributed by atoms with Gasteiger partial charge in [0.15, 0.2) is 5.25 Å². The minimum atomic E-state index is -4.84. The summed E-state index contributed by atoms with van der Waals surface area (Å²) in [4.78, 5) is 56.9. The zero-order chi connectivity index (χ0) is 19.1. The van der Waals surface area contributed by atoms with Gasteiger partial charge in [0.1, 0.15) is 0 Å². The second-order valence-corrected chi connectivity index (χ2v) is 5.94. The summed E-state index contributed by atoms with van der Waals surface area (Å²) in [5, 5.41) is 14.5. The fraction of sp³-hybridized carbons (Fsp3) is 0.545. The number of aliphatic carboxylic acids is 2. The van der Waals surface area contributed by atoms with Crippen molar-refractivity contribution < 1.29 is 52.0 Å². The number of hydrogen-bond acceptors (Lipinski definition) is 8. The minimum absolute atomic E-state index is 0.135. The van der Waals surface area contributed by atoms with E-state index >= 15 is 0 Å². The molecule has 0 aromatic rings. The fourth-order valence-corrected chi connectivity index (χ4v) is 1.91. The van der Waals surface area contributed by atoms with Crippen LogP contribution in [0.5, 0.6) is 0 Å². The lowest BCUT2D eigenvalue weighted by molar-refractivity contribution is -0.197. The largest absolute Gasteiger partial charge is 0.481 e. The second kappa shape index (κ2) is 8.93. The van der Waals surface area contributed by atoms with Gasteiger partial charge in [-0.3, -0.25) is 23.7 Å². The molecule has 13 heteroatoms. The van der Waals surface area contributed by atoms with Crippen molar-refractivity contribution in [2.75, 3.05) is 0 Å². The number of carboxylic acids is 2. The summed E-state index contributed by atoms with van der Waals surface area (Å²) in [6, 6.07) is 0. The molecule has 136 valence electrons. The van der Waals surface area contributed by atoms with Crippen molar-refractivity contribution in [1.29, 1.82) is 0 Å². The molecule has 0 saturated carbocycles. The Balaban J connectivity index is 0.000000441. The molecule has 1 fully saturated rings. The molecule has 1 unspecified atom stereocenters. The lowest BCUT2D eigenvalue weighted by atomic mass is 10.3. The van der Waals surface area contributed by atoms with Crippen LogP contribution in [0.25, 0.3) is 0 Å². The molecule has 24 heavy (non-hydrogen) atoms. The van der Waals surface area contributed by atoms with E-state index in [2.05, 4.69) is 4.84 Å². The quantitative estimate of drug-likeness (QED) is 0.376. The standard InChI is InChI=1S/C7H9NO4.C4H6O7S/c1-2-7(11)12-8-5(9)3-4-6(8)10;5-3(6)1-2(4(7)8)12(9,10)11/h2-4H2,1H3;2H,1H2,(H,5,6)(H,7,8)(H,9,10,11). The van der Waals surface area contributed by atoms with Crippen molar-refractivity contribution in [2.45, 2.75) is 37.9 Å². The van der Waals surface area contributed by atoms with Crippen LogP contribution >= 0.6 is 0 Å². The molecule has 2 amide bonds. The molecule has 0 aromatic heterocycles. The molecule has 0 aromatic carbocycles. The minimum Gasteiger partial charge on any atom is -0.481 e. The maximum absolute atomic E-state index is 10.9. The van der Waals surface area contributed by atoms with E-state index in [1.165, 1.54) is 0 Å². The van der Waals surface area contributed by atoms with E-state index in [0.717, 1.165) is 0 Å². The first kappa shape index (κ1) is 21.5. The van der Waals surface area contributed by atoms with Crippen LogP contribution in [0.4, 0.5) is 0 Å². The highest BCUT2D eigenvalue weighted by atomic mass is 32.2. The van der Waals surface area contributed by atoms with Crippen molar-refractivity contribution >= 4 is 39.8 Å². The number of imide groups is 1. The number of carboxylic acid groups (broad SMARTS) is 2. The normalized spacial score (nSPS) is 15.3. The van der Waals surface area contributed by atoms with E-state index in [1.807, 2.05) is 0 Å². The Morgan fingerprint density at radius 1 is 1.17 bits per heavy atom. The summed E-state index contributed by atoms with van der Waals surface area (Å²) in [5.41, 5.74) is 0. The first-order chi connectivity index (χ1) is 10.9. The Bertz CT molecular complexity index is 622. The summed E-state index contributed by atoms with van der Waals surface area (Å²) < 4.78 is 28.7. The predicted octanol–water partition coefficient (Wildman–Crippen LogP) is -1.19. The zero-order valence-electron chi connectivity index (χ0n) is 12.4. The Labute approximate surface area is 135 Å². The van der Waals surface area contributed by atoms with Gasteiger partial charge in [0.2, 0.25) is 0 Å². The van der Waals surface area contributed by atoms with E-state index in [9.17, 15) is 32.4 Å². The van der Waals surface area contributed by atoms with E-state index < -0.39 is 51.5 Å². The zero-order valence-corrected chi connectivity index (χ0v) is 13.2. The maximum Gasteiger partial charge on any atom is 0.332 e. The van der Waals surface area contributed by atoms with Crippen LogP contribution in [-0.4, -0.2) is 63.2 Å². The number of carbonyl (C=O) groups is 5. The highest BCUT2D eigenvalue weighted by molar-refractivity contribution is 7.87. The third-order valence-corrected chi connectivity index (χ3v) is 3.57. The van der Waals surface area contributed by atoms with Crippen LogP contribution in [0.3, 0.4) is 0 Å². The van der Waals surface area contributed by atoms with Gasteiger partial charge in [0.25, 0.3) is 21.9 Å². The lowest BCUT2D eigenvalue weighted by Gasteiger charge is -2.10. The first-order valence-corrected chi connectivity index (χ1v) is 7.87. The van der Waals surface area contributed by atoms with Gasteiger partial charge in [0, 0.05) is 19.3 Å². The van der Waals surface area contributed by atoms with E-state index in [1.54, 1.807) is 6.92 Å². The number of hydrogen-bond donors (Lipinski definition) is 3. The molecule has 0 aliphatic carbocycles. The third-order valence-electron chi connectivity index (χ3n) is 2.48. The van der Waals surface area contributed by atoms with Crippen molar-refractivity contribution in [3.05, 3.63) is 0 Å². The summed E-state index contributed by atoms with van der Waals surface area (Å²) >= 11 is 0. The number of nitrogens with zero attached hydrogens (tertiary/aromatic N) is 1. The lowest BCUT2D eigenvalue weighted by Crippen LogP contribution is -2.31. The predicted molar refractivity (Wildman–Crippen MR) is 72.7 cm³/mol. The Hall–Kier alpha value is -2.54. The maximum atomic E-state index is 10.9. The molecule has 1 saturated heterocycles. The molecule has 3 N–H and O–H groups in total. The second-order valence-electron chi connectivity index (χ2n) is 4.34. The Morgan fingerprint density at radius 2 is 1.62 bits per heavy atom. The van der Waals surface area contributed by atoms with Crippen LogP contribution in [0.2, 0.25) is 0 Å². The number of hydroxylamine groups is 2. The average Bonchev–Trinajstić information content (AvgIpc) is 2.75. The molecule has 0 bridgehead atoms. The van der Waals surface area contributed by atoms with Gasteiger partial charge in [-0.05, 0) is 0 Å². The molecule has 12 nitrogen and oxygen atoms in total. The van der Waals surface area contributed by atoms with Crippen LogP contribution in [-0.2, 0) is 38.9 Å². The highest BCUT2D eigenvalue weighted by Gasteiger charge is 2.33. The topological polar surface area (TPSA) is 193 Å². The van der Waals surface area contributed by atoms with E-state index in [4.69, 9.17) is 14.8 Å². The molecule has 1 aliphatic heterocycles. The van der Waals surface area contributed by atoms with Gasteiger partial charge in [-0.15, -0.1) is 5.06 Å². The molecule has 1 aliphatic rings. The van der Waals surface area contributed by atoms with Crippen LogP contribution in [0.15, 0.2) is 0 Å². The van der Waals surface area contributed by atoms with Gasteiger partial charge >= 0.3 is 17.9 Å². The summed E-state index contributed by atoms with van der Waals surface area (Å²) in [7, 11) is -4.84. The summed E-state index contributed by atoms with van der Waals surface area (Å²) in [6.07, 6.45) is -0.739. The van der Waals surface area contributed by atoms with Crippen molar-refractivity contribution in [1.82, 2.24) is 5.06 Å². The van der Waals surface area contributed by atoms with Gasteiger partial charge in [-0.1, -0.05) is 6.92 Å². The van der Waals surface area contributed by atoms with Crippen LogP contribution in [0, 0.1) is 0 Å². The molecule has 1 atom stereocenters. The van der Waals surface area contributed by atoms with Gasteiger partial charge in [-0.2, -0.15) is 8.42 Å². The van der Waals surface area contributed by atoms with Gasteiger partial charge < -0.3 is 15.1 Å². The van der Waals surface area contributed by atoms with Gasteiger partial charge in [0.05, 0.1) is 6.42 Å². The molecule has 1 rings (SSSR count). The van der Waals surface area contributed by atoms with Crippen molar-refractivity contribution in [2.24, 2.45) is 0 Å². The van der Waals surface area contributed by atoms with Gasteiger partial charge in [-0.25, -0.2) is 4.79 Å². The first-order valence-electron chi connectivity index (χ1n) is 6.37. The molecular formula is C11H15NO11S. The van der Waals surface area contributed by atoms with E-state index in [-0.39, 0.29) is 19.3 Å². The summed E-state index contributed by atoms with van der Waals surface area (Å²) in [5.74, 6) is -4.96. The molecule has 0 spiro atoms. The highest BCUT2D eigenvalue weighted by Crippen LogP contribution is 2.12. The SMILES string of the molecule is CCC(=O)ON1C(=O)CCC1=O.O=C(O)CC(C(=O)O)S(=O)(=O)O. The Kier molecular flexibility index (Phi) is 7.98. The Morgan fingerprint density at radius 3 is 1.88 bits per heavy atom. The van der Waals surface area contributed by atoms with E-state index in [0.29, 0.717) is 5.06 Å². The van der Waals surface area contributed by atoms with Crippen LogP contribution in [0.1, 0.15) is 32.6 Å². The molecule has 0 radical (unpaired) electrons. The van der Waals surface area contributed by atoms with Crippen molar-refractivity contribution in [3.63, 3.8) is 0 Å². The third kappa shape index (κ3) is 7.15. The van der Waals surface area contributed by atoms with Crippen LogP contribution < -0.4 is 0 Å². The van der Waals surface area contributed by atoms with Crippen molar-refractivity contribution in [3.8, 4) is 0 Å². The fourth-order valence-electron chi connectivity index (χ4n) is 1.30. The number of rotatable bonds is 6. The molecular weight excluding hydrogens is 354 g/mol. The monoisotopic (exact) mass is 369 g/mol. The number of amides is 2. The summed E-state index contributed by atoms with van der Waals surface area (Å²) in [6.45, 7) is 1.59.